The second kappa shape index (κ2) is 5.17. The summed E-state index contributed by atoms with van der Waals surface area (Å²) < 4.78 is 0. The second-order valence-corrected chi connectivity index (χ2v) is 5.54. The fourth-order valence-corrected chi connectivity index (χ4v) is 3.11. The summed E-state index contributed by atoms with van der Waals surface area (Å²) in [5, 5.41) is 0. The van der Waals surface area contributed by atoms with Crippen LogP contribution >= 0.6 is 0 Å². The van der Waals surface area contributed by atoms with Crippen LogP contribution < -0.4 is 5.73 Å². The van der Waals surface area contributed by atoms with Crippen molar-refractivity contribution in [3.8, 4) is 0 Å². The summed E-state index contributed by atoms with van der Waals surface area (Å²) in [4.78, 5) is 14.4. The third-order valence-corrected chi connectivity index (χ3v) is 4.37. The quantitative estimate of drug-likeness (QED) is 0.774. The van der Waals surface area contributed by atoms with Crippen molar-refractivity contribution in [2.75, 3.05) is 19.6 Å². The largest absolute Gasteiger partial charge is 0.342 e. The fourth-order valence-electron chi connectivity index (χ4n) is 3.11. The van der Waals surface area contributed by atoms with E-state index >= 15 is 0 Å². The van der Waals surface area contributed by atoms with Crippen molar-refractivity contribution in [3.63, 3.8) is 0 Å². The van der Waals surface area contributed by atoms with E-state index < -0.39 is 0 Å². The van der Waals surface area contributed by atoms with Gasteiger partial charge in [0.15, 0.2) is 0 Å². The Morgan fingerprint density at radius 1 is 1.25 bits per heavy atom. The fraction of sp³-hybridized carbons (Fsp3) is 0.923. The Morgan fingerprint density at radius 3 is 2.56 bits per heavy atom. The molecule has 0 aromatic carbocycles. The molecule has 1 saturated heterocycles. The van der Waals surface area contributed by atoms with Crippen LogP contribution in [0.25, 0.3) is 0 Å². The van der Waals surface area contributed by atoms with Gasteiger partial charge >= 0.3 is 0 Å². The average Bonchev–Trinajstić information content (AvgIpc) is 2.77. The Labute approximate surface area is 98.4 Å². The molecule has 2 rings (SSSR count). The molecular weight excluding hydrogens is 200 g/mol. The number of nitrogens with zero attached hydrogens (tertiary/aromatic N) is 1. The van der Waals surface area contributed by atoms with Gasteiger partial charge in [0.05, 0.1) is 0 Å². The number of hydrogen-bond donors (Lipinski definition) is 1. The van der Waals surface area contributed by atoms with Gasteiger partial charge in [-0.1, -0.05) is 13.3 Å². The van der Waals surface area contributed by atoms with Crippen molar-refractivity contribution < 1.29 is 4.79 Å². The molecule has 0 bridgehead atoms. The molecular formula is C13H24N2O. The molecule has 1 saturated carbocycles. The number of rotatable bonds is 2. The maximum absolute atomic E-state index is 12.3. The molecule has 16 heavy (non-hydrogen) atoms. The number of nitrogens with two attached hydrogens (primary N) is 1. The van der Waals surface area contributed by atoms with E-state index in [1.165, 1.54) is 19.3 Å². The lowest BCUT2D eigenvalue weighted by Crippen LogP contribution is -2.43. The molecule has 0 radical (unpaired) electrons. The molecule has 2 aliphatic rings. The first kappa shape index (κ1) is 11.9. The lowest BCUT2D eigenvalue weighted by Gasteiger charge is -2.33. The highest BCUT2D eigenvalue weighted by atomic mass is 16.2. The summed E-state index contributed by atoms with van der Waals surface area (Å²) >= 11 is 0. The van der Waals surface area contributed by atoms with Crippen LogP contribution in [0.4, 0.5) is 0 Å². The highest BCUT2D eigenvalue weighted by Crippen LogP contribution is 2.33. The highest BCUT2D eigenvalue weighted by molar-refractivity contribution is 5.79. The molecule has 2 N–H and O–H groups in total. The van der Waals surface area contributed by atoms with Gasteiger partial charge in [-0.15, -0.1) is 0 Å². The van der Waals surface area contributed by atoms with Crippen molar-refractivity contribution in [1.29, 1.82) is 0 Å². The Bertz CT molecular complexity index is 246. The van der Waals surface area contributed by atoms with Gasteiger partial charge in [-0.3, -0.25) is 4.79 Å². The second-order valence-electron chi connectivity index (χ2n) is 5.54. The molecule has 1 aliphatic heterocycles. The van der Waals surface area contributed by atoms with Crippen LogP contribution in [0.1, 0.15) is 39.0 Å². The number of hydrogen-bond acceptors (Lipinski definition) is 2. The van der Waals surface area contributed by atoms with Gasteiger partial charge in [-0.2, -0.15) is 0 Å². The molecule has 2 unspecified atom stereocenters. The van der Waals surface area contributed by atoms with Crippen molar-refractivity contribution in [2.24, 2.45) is 23.5 Å². The number of likely N-dealkylation sites (tertiary alicyclic amines) is 1. The zero-order valence-electron chi connectivity index (χ0n) is 10.3. The van der Waals surface area contributed by atoms with E-state index in [0.29, 0.717) is 18.4 Å². The van der Waals surface area contributed by atoms with Crippen molar-refractivity contribution in [3.05, 3.63) is 0 Å². The minimum atomic E-state index is 0.235. The van der Waals surface area contributed by atoms with Gasteiger partial charge in [0.1, 0.15) is 0 Å². The monoisotopic (exact) mass is 224 g/mol. The minimum Gasteiger partial charge on any atom is -0.342 e. The third-order valence-electron chi connectivity index (χ3n) is 4.37. The lowest BCUT2D eigenvalue weighted by atomic mass is 9.92. The molecule has 1 amide bonds. The van der Waals surface area contributed by atoms with E-state index in [2.05, 4.69) is 11.8 Å². The molecule has 3 heteroatoms. The first-order valence-electron chi connectivity index (χ1n) is 6.71. The van der Waals surface area contributed by atoms with Gasteiger partial charge < -0.3 is 10.6 Å². The summed E-state index contributed by atoms with van der Waals surface area (Å²) in [5.41, 5.74) is 5.74. The number of piperidine rings is 1. The van der Waals surface area contributed by atoms with Gasteiger partial charge in [-0.05, 0) is 44.1 Å². The molecule has 2 atom stereocenters. The number of amides is 1. The molecule has 0 spiro atoms. The van der Waals surface area contributed by atoms with E-state index in [4.69, 9.17) is 5.73 Å². The maximum Gasteiger partial charge on any atom is 0.226 e. The SMILES string of the molecule is CC1CCN(C(=O)C2CCCC2CN)CC1. The molecule has 0 aromatic rings. The first-order valence-corrected chi connectivity index (χ1v) is 6.71. The topological polar surface area (TPSA) is 46.3 Å². The molecule has 3 nitrogen and oxygen atoms in total. The summed E-state index contributed by atoms with van der Waals surface area (Å²) in [5.74, 6) is 1.86. The Balaban J connectivity index is 1.91. The van der Waals surface area contributed by atoms with Crippen LogP contribution in [0.15, 0.2) is 0 Å². The van der Waals surface area contributed by atoms with E-state index in [-0.39, 0.29) is 5.92 Å². The van der Waals surface area contributed by atoms with E-state index in [0.717, 1.165) is 31.8 Å². The molecule has 0 aromatic heterocycles. The van der Waals surface area contributed by atoms with Crippen molar-refractivity contribution in [1.82, 2.24) is 4.90 Å². The summed E-state index contributed by atoms with van der Waals surface area (Å²) in [7, 11) is 0. The molecule has 1 heterocycles. The Hall–Kier alpha value is -0.570. The van der Waals surface area contributed by atoms with Crippen LogP contribution in [-0.2, 0) is 4.79 Å². The maximum atomic E-state index is 12.3. The predicted molar refractivity (Wildman–Crippen MR) is 64.9 cm³/mol. The molecule has 92 valence electrons. The Kier molecular flexibility index (Phi) is 3.85. The van der Waals surface area contributed by atoms with Gasteiger partial charge in [0.2, 0.25) is 5.91 Å². The van der Waals surface area contributed by atoms with E-state index in [1.54, 1.807) is 0 Å². The van der Waals surface area contributed by atoms with Crippen LogP contribution in [0.3, 0.4) is 0 Å². The average molecular weight is 224 g/mol. The van der Waals surface area contributed by atoms with E-state index in [9.17, 15) is 4.79 Å². The van der Waals surface area contributed by atoms with Crippen LogP contribution in [0.5, 0.6) is 0 Å². The Morgan fingerprint density at radius 2 is 1.94 bits per heavy atom. The van der Waals surface area contributed by atoms with Gasteiger partial charge in [0, 0.05) is 19.0 Å². The van der Waals surface area contributed by atoms with Gasteiger partial charge in [-0.25, -0.2) is 0 Å². The molecule has 1 aliphatic carbocycles. The smallest absolute Gasteiger partial charge is 0.226 e. The van der Waals surface area contributed by atoms with Crippen molar-refractivity contribution >= 4 is 5.91 Å². The van der Waals surface area contributed by atoms with Crippen molar-refractivity contribution in [2.45, 2.75) is 39.0 Å². The van der Waals surface area contributed by atoms with Gasteiger partial charge in [0.25, 0.3) is 0 Å². The lowest BCUT2D eigenvalue weighted by molar-refractivity contribution is -0.137. The predicted octanol–water partition coefficient (Wildman–Crippen LogP) is 1.62. The number of carbonyl (C=O) groups excluding carboxylic acids is 1. The highest BCUT2D eigenvalue weighted by Gasteiger charge is 2.35. The zero-order valence-corrected chi connectivity index (χ0v) is 10.3. The van der Waals surface area contributed by atoms with Crippen LogP contribution in [0, 0.1) is 17.8 Å². The number of carbonyl (C=O) groups is 1. The van der Waals surface area contributed by atoms with Crippen LogP contribution in [0.2, 0.25) is 0 Å². The first-order chi connectivity index (χ1) is 7.72. The zero-order chi connectivity index (χ0) is 11.5. The standard InChI is InChI=1S/C13H24N2O/c1-10-5-7-15(8-6-10)13(16)12-4-2-3-11(12)9-14/h10-12H,2-9,14H2,1H3. The summed E-state index contributed by atoms with van der Waals surface area (Å²) in [6, 6.07) is 0. The minimum absolute atomic E-state index is 0.235. The molecule has 2 fully saturated rings. The third kappa shape index (κ3) is 2.40. The summed E-state index contributed by atoms with van der Waals surface area (Å²) in [6.07, 6.45) is 5.74. The van der Waals surface area contributed by atoms with Crippen LogP contribution in [-0.4, -0.2) is 30.4 Å². The normalized spacial score (nSPS) is 32.0. The summed E-state index contributed by atoms with van der Waals surface area (Å²) in [6.45, 7) is 4.89. The van der Waals surface area contributed by atoms with E-state index in [1.807, 2.05) is 0 Å².